The maximum absolute atomic E-state index is 12.9. The summed E-state index contributed by atoms with van der Waals surface area (Å²) in [6.45, 7) is 5.26. The van der Waals surface area contributed by atoms with E-state index in [9.17, 15) is 19.7 Å². The van der Waals surface area contributed by atoms with Crippen LogP contribution in [0.1, 0.15) is 32.3 Å². The number of non-ortho nitro benzene ring substituents is 1. The van der Waals surface area contributed by atoms with E-state index in [-0.39, 0.29) is 29.9 Å². The van der Waals surface area contributed by atoms with Crippen molar-refractivity contribution in [2.45, 2.75) is 44.4 Å². The summed E-state index contributed by atoms with van der Waals surface area (Å²) in [4.78, 5) is 35.8. The van der Waals surface area contributed by atoms with Crippen LogP contribution in [0.3, 0.4) is 0 Å². The summed E-state index contributed by atoms with van der Waals surface area (Å²) in [5, 5.41) is 15.2. The van der Waals surface area contributed by atoms with E-state index >= 15 is 0 Å². The number of esters is 1. The van der Waals surface area contributed by atoms with Crippen molar-refractivity contribution in [3.8, 4) is 0 Å². The standard InChI is InChI=1S/C17H19N3O6/c1-4-25-16(22)14-12(10-6-5-7-11(8-10)20(23)24)13(18-19-14)15(21)17(3)9(2)26-17/h5-9,12,14,19H,4H2,1-3H3/t9?,12-,14-,17?/m1/s1. The summed E-state index contributed by atoms with van der Waals surface area (Å²) in [6, 6.07) is 4.88. The van der Waals surface area contributed by atoms with Gasteiger partial charge in [-0.3, -0.25) is 20.3 Å². The van der Waals surface area contributed by atoms with Crippen LogP contribution in [0.5, 0.6) is 0 Å². The number of hydrogen-bond acceptors (Lipinski definition) is 8. The molecule has 3 rings (SSSR count). The van der Waals surface area contributed by atoms with E-state index in [1.807, 2.05) is 0 Å². The smallest absolute Gasteiger partial charge is 0.331 e. The van der Waals surface area contributed by atoms with E-state index in [1.54, 1.807) is 26.8 Å². The minimum Gasteiger partial charge on any atom is -0.464 e. The van der Waals surface area contributed by atoms with Gasteiger partial charge >= 0.3 is 5.97 Å². The van der Waals surface area contributed by atoms with Crippen molar-refractivity contribution in [3.63, 3.8) is 0 Å². The fourth-order valence-electron chi connectivity index (χ4n) is 3.06. The third kappa shape index (κ3) is 2.94. The average molecular weight is 361 g/mol. The lowest BCUT2D eigenvalue weighted by atomic mass is 9.83. The van der Waals surface area contributed by atoms with Gasteiger partial charge in [-0.15, -0.1) is 0 Å². The second kappa shape index (κ2) is 6.49. The van der Waals surface area contributed by atoms with Crippen LogP contribution in [0, 0.1) is 10.1 Å². The molecule has 9 heteroatoms. The molecule has 2 unspecified atom stereocenters. The summed E-state index contributed by atoms with van der Waals surface area (Å²) in [5.41, 5.74) is 2.06. The molecule has 0 amide bonds. The fraction of sp³-hybridized carbons (Fsp3) is 0.471. The van der Waals surface area contributed by atoms with Crippen LogP contribution < -0.4 is 5.43 Å². The molecule has 138 valence electrons. The number of ketones is 1. The zero-order valence-corrected chi connectivity index (χ0v) is 14.6. The Bertz CT molecular complexity index is 807. The highest BCUT2D eigenvalue weighted by Gasteiger charge is 2.59. The largest absolute Gasteiger partial charge is 0.464 e. The van der Waals surface area contributed by atoms with Gasteiger partial charge in [0.05, 0.1) is 23.6 Å². The van der Waals surface area contributed by atoms with Crippen LogP contribution in [0.4, 0.5) is 5.69 Å². The maximum atomic E-state index is 12.9. The first-order valence-corrected chi connectivity index (χ1v) is 8.26. The summed E-state index contributed by atoms with van der Waals surface area (Å²) in [5.74, 6) is -1.72. The molecule has 4 atom stereocenters. The molecule has 2 heterocycles. The number of carbonyl (C=O) groups is 2. The lowest BCUT2D eigenvalue weighted by Crippen LogP contribution is -2.41. The molecule has 0 bridgehead atoms. The first-order valence-electron chi connectivity index (χ1n) is 8.26. The van der Waals surface area contributed by atoms with Crippen LogP contribution in [0.15, 0.2) is 29.4 Å². The van der Waals surface area contributed by atoms with Gasteiger partial charge in [0, 0.05) is 12.1 Å². The molecule has 0 saturated carbocycles. The molecular weight excluding hydrogens is 342 g/mol. The molecule has 1 N–H and O–H groups in total. The quantitative estimate of drug-likeness (QED) is 0.351. The first kappa shape index (κ1) is 18.0. The molecule has 0 radical (unpaired) electrons. The number of carbonyl (C=O) groups excluding carboxylic acids is 2. The number of nitro benzene ring substituents is 1. The molecule has 1 fully saturated rings. The zero-order valence-electron chi connectivity index (χ0n) is 14.6. The van der Waals surface area contributed by atoms with Gasteiger partial charge in [-0.05, 0) is 26.3 Å². The lowest BCUT2D eigenvalue weighted by Gasteiger charge is -2.20. The van der Waals surface area contributed by atoms with Crippen molar-refractivity contribution in [1.29, 1.82) is 0 Å². The molecule has 1 aromatic carbocycles. The van der Waals surface area contributed by atoms with Gasteiger partial charge in [0.25, 0.3) is 5.69 Å². The lowest BCUT2D eigenvalue weighted by molar-refractivity contribution is -0.384. The van der Waals surface area contributed by atoms with E-state index < -0.39 is 28.5 Å². The van der Waals surface area contributed by atoms with Gasteiger partial charge < -0.3 is 9.47 Å². The number of hydrogen-bond donors (Lipinski definition) is 1. The van der Waals surface area contributed by atoms with Gasteiger partial charge in [-0.1, -0.05) is 12.1 Å². The summed E-state index contributed by atoms with van der Waals surface area (Å²) >= 11 is 0. The topological polar surface area (TPSA) is 123 Å². The van der Waals surface area contributed by atoms with Crippen molar-refractivity contribution >= 4 is 23.2 Å². The second-order valence-electron chi connectivity index (χ2n) is 6.38. The summed E-state index contributed by atoms with van der Waals surface area (Å²) in [7, 11) is 0. The van der Waals surface area contributed by atoms with Crippen molar-refractivity contribution in [2.24, 2.45) is 5.10 Å². The maximum Gasteiger partial charge on any atom is 0.331 e. The van der Waals surface area contributed by atoms with E-state index in [2.05, 4.69) is 10.5 Å². The Morgan fingerprint density at radius 3 is 2.73 bits per heavy atom. The number of rotatable bonds is 6. The Hall–Kier alpha value is -2.81. The second-order valence-corrected chi connectivity index (χ2v) is 6.38. The normalized spacial score (nSPS) is 29.5. The number of ether oxygens (including phenoxy) is 2. The van der Waals surface area contributed by atoms with Crippen LogP contribution in [-0.2, 0) is 19.1 Å². The predicted octanol–water partition coefficient (Wildman–Crippen LogP) is 1.32. The molecular formula is C17H19N3O6. The molecule has 1 aromatic rings. The number of Topliss-reactive ketones (excluding diaryl/α,β-unsaturated/α-hetero) is 1. The molecule has 0 aromatic heterocycles. The van der Waals surface area contributed by atoms with Crippen molar-refractivity contribution in [3.05, 3.63) is 39.9 Å². The predicted molar refractivity (Wildman–Crippen MR) is 90.8 cm³/mol. The minimum absolute atomic E-state index is 0.107. The number of benzene rings is 1. The molecule has 2 aliphatic rings. The molecule has 1 saturated heterocycles. The molecule has 9 nitrogen and oxygen atoms in total. The molecule has 26 heavy (non-hydrogen) atoms. The van der Waals surface area contributed by atoms with Crippen LogP contribution in [-0.4, -0.2) is 46.7 Å². The molecule has 0 spiro atoms. The van der Waals surface area contributed by atoms with Gasteiger partial charge in [0.2, 0.25) is 5.78 Å². The number of nitro groups is 1. The number of nitrogens with zero attached hydrogens (tertiary/aromatic N) is 2. The average Bonchev–Trinajstić information content (AvgIpc) is 3.05. The van der Waals surface area contributed by atoms with Gasteiger partial charge in [0.15, 0.2) is 11.6 Å². The van der Waals surface area contributed by atoms with Gasteiger partial charge in [-0.2, -0.15) is 5.10 Å². The highest BCUT2D eigenvalue weighted by Crippen LogP contribution is 2.40. The van der Waals surface area contributed by atoms with Crippen molar-refractivity contribution < 1.29 is 24.0 Å². The van der Waals surface area contributed by atoms with E-state index in [4.69, 9.17) is 9.47 Å². The third-order valence-electron chi connectivity index (χ3n) is 4.76. The first-order chi connectivity index (χ1) is 12.3. The monoisotopic (exact) mass is 361 g/mol. The Labute approximate surface area is 149 Å². The summed E-state index contributed by atoms with van der Waals surface area (Å²) in [6.07, 6.45) is -0.259. The fourth-order valence-corrected chi connectivity index (χ4v) is 3.06. The SMILES string of the molecule is CCOC(=O)[C@@H]1NN=C(C(=O)C2(C)OC2C)[C@H]1c1cccc([N+](=O)[O-])c1. The van der Waals surface area contributed by atoms with Gasteiger partial charge in [0.1, 0.15) is 5.71 Å². The van der Waals surface area contributed by atoms with E-state index in [0.717, 1.165) is 0 Å². The highest BCUT2D eigenvalue weighted by molar-refractivity contribution is 6.46. The van der Waals surface area contributed by atoms with Crippen molar-refractivity contribution in [2.75, 3.05) is 6.61 Å². The minimum atomic E-state index is -0.997. The third-order valence-corrected chi connectivity index (χ3v) is 4.76. The van der Waals surface area contributed by atoms with Crippen LogP contribution in [0.2, 0.25) is 0 Å². The highest BCUT2D eigenvalue weighted by atomic mass is 16.6. The van der Waals surface area contributed by atoms with Crippen molar-refractivity contribution in [1.82, 2.24) is 5.43 Å². The summed E-state index contributed by atoms with van der Waals surface area (Å²) < 4.78 is 10.4. The Morgan fingerprint density at radius 2 is 2.15 bits per heavy atom. The molecule has 0 aliphatic carbocycles. The Balaban J connectivity index is 1.99. The zero-order chi connectivity index (χ0) is 19.1. The van der Waals surface area contributed by atoms with Crippen LogP contribution >= 0.6 is 0 Å². The number of nitrogens with one attached hydrogen (secondary N) is 1. The van der Waals surface area contributed by atoms with Gasteiger partial charge in [-0.25, -0.2) is 4.79 Å². The molecule has 2 aliphatic heterocycles. The number of hydrazone groups is 1. The van der Waals surface area contributed by atoms with Crippen LogP contribution in [0.25, 0.3) is 0 Å². The number of epoxide rings is 1. The Kier molecular flexibility index (Phi) is 4.49. The van der Waals surface area contributed by atoms with E-state index in [0.29, 0.717) is 5.56 Å². The van der Waals surface area contributed by atoms with E-state index in [1.165, 1.54) is 18.2 Å². The Morgan fingerprint density at radius 1 is 1.46 bits per heavy atom.